The standard InChI is InChI=1S/C14H17BrClF3N2/c15-11-4-3-10(6-12(11)16)21-13(8-20)5-1-2-9(7-13)14(17,18)19/h3-4,6,9,21H,1-2,5,7-8,20H2. The lowest BCUT2D eigenvalue weighted by atomic mass is 9.75. The molecule has 21 heavy (non-hydrogen) atoms. The number of nitrogens with two attached hydrogens (primary N) is 1. The van der Waals surface area contributed by atoms with Gasteiger partial charge in [0.25, 0.3) is 0 Å². The van der Waals surface area contributed by atoms with Gasteiger partial charge in [-0.1, -0.05) is 18.0 Å². The van der Waals surface area contributed by atoms with Gasteiger partial charge in [-0.3, -0.25) is 0 Å². The highest BCUT2D eigenvalue weighted by Crippen LogP contribution is 2.43. The van der Waals surface area contributed by atoms with Gasteiger partial charge < -0.3 is 11.1 Å². The number of benzene rings is 1. The lowest BCUT2D eigenvalue weighted by Gasteiger charge is -2.42. The summed E-state index contributed by atoms with van der Waals surface area (Å²) in [5, 5.41) is 3.69. The van der Waals surface area contributed by atoms with Crippen LogP contribution in [0, 0.1) is 5.92 Å². The van der Waals surface area contributed by atoms with Crippen molar-refractivity contribution in [1.29, 1.82) is 0 Å². The second-order valence-electron chi connectivity index (χ2n) is 5.57. The van der Waals surface area contributed by atoms with Crippen molar-refractivity contribution < 1.29 is 13.2 Å². The largest absolute Gasteiger partial charge is 0.391 e. The molecule has 0 aromatic heterocycles. The molecule has 1 saturated carbocycles. The molecular weight excluding hydrogens is 369 g/mol. The molecule has 0 amide bonds. The molecule has 1 aromatic carbocycles. The van der Waals surface area contributed by atoms with E-state index in [1.54, 1.807) is 18.2 Å². The average Bonchev–Trinajstić information content (AvgIpc) is 2.42. The van der Waals surface area contributed by atoms with Crippen LogP contribution in [0.15, 0.2) is 22.7 Å². The second kappa shape index (κ2) is 6.34. The summed E-state index contributed by atoms with van der Waals surface area (Å²) < 4.78 is 39.7. The van der Waals surface area contributed by atoms with Crippen LogP contribution in [0.3, 0.4) is 0 Å². The number of rotatable bonds is 3. The Balaban J connectivity index is 2.19. The fourth-order valence-electron chi connectivity index (χ4n) is 2.87. The minimum atomic E-state index is -4.17. The Hall–Kier alpha value is -0.460. The Morgan fingerprint density at radius 3 is 2.71 bits per heavy atom. The molecule has 0 heterocycles. The summed E-state index contributed by atoms with van der Waals surface area (Å²) in [6, 6.07) is 5.24. The highest BCUT2D eigenvalue weighted by Gasteiger charge is 2.47. The predicted octanol–water partition coefficient (Wildman–Crippen LogP) is 4.96. The van der Waals surface area contributed by atoms with E-state index in [0.29, 0.717) is 23.6 Å². The van der Waals surface area contributed by atoms with Gasteiger partial charge >= 0.3 is 6.18 Å². The van der Waals surface area contributed by atoms with E-state index in [4.69, 9.17) is 17.3 Å². The molecule has 0 bridgehead atoms. The highest BCUT2D eigenvalue weighted by atomic mass is 79.9. The van der Waals surface area contributed by atoms with Gasteiger partial charge in [0.2, 0.25) is 0 Å². The molecule has 0 aliphatic heterocycles. The number of anilines is 1. The van der Waals surface area contributed by atoms with Gasteiger partial charge in [-0.2, -0.15) is 13.2 Å². The van der Waals surface area contributed by atoms with Gasteiger partial charge in [0, 0.05) is 16.7 Å². The highest BCUT2D eigenvalue weighted by molar-refractivity contribution is 9.10. The van der Waals surface area contributed by atoms with E-state index in [0.717, 1.165) is 4.47 Å². The molecule has 1 aromatic rings. The van der Waals surface area contributed by atoms with Gasteiger partial charge in [0.05, 0.1) is 16.5 Å². The SMILES string of the molecule is NCC1(Nc2ccc(Br)c(Cl)c2)CCCC(C(F)(F)F)C1. The van der Waals surface area contributed by atoms with Crippen molar-refractivity contribution in [2.75, 3.05) is 11.9 Å². The van der Waals surface area contributed by atoms with Crippen molar-refractivity contribution in [2.45, 2.75) is 37.4 Å². The Morgan fingerprint density at radius 2 is 2.14 bits per heavy atom. The fraction of sp³-hybridized carbons (Fsp3) is 0.571. The maximum absolute atomic E-state index is 13.0. The third kappa shape index (κ3) is 4.05. The van der Waals surface area contributed by atoms with Gasteiger partial charge in [-0.25, -0.2) is 0 Å². The molecule has 1 aliphatic rings. The molecule has 2 unspecified atom stereocenters. The van der Waals surface area contributed by atoms with Gasteiger partial charge in [0.1, 0.15) is 0 Å². The van der Waals surface area contributed by atoms with Crippen LogP contribution < -0.4 is 11.1 Å². The van der Waals surface area contributed by atoms with Crippen LogP contribution in [0.4, 0.5) is 18.9 Å². The van der Waals surface area contributed by atoms with Crippen LogP contribution in [0.5, 0.6) is 0 Å². The lowest BCUT2D eigenvalue weighted by Crippen LogP contribution is -2.51. The van der Waals surface area contributed by atoms with E-state index in [2.05, 4.69) is 21.2 Å². The van der Waals surface area contributed by atoms with Crippen LogP contribution in [-0.2, 0) is 0 Å². The minimum absolute atomic E-state index is 0.000678. The molecule has 2 nitrogen and oxygen atoms in total. The van der Waals surface area contributed by atoms with E-state index in [-0.39, 0.29) is 19.4 Å². The van der Waals surface area contributed by atoms with Crippen LogP contribution in [0.2, 0.25) is 5.02 Å². The first kappa shape index (κ1) is 16.9. The number of halogens is 5. The average molecular weight is 386 g/mol. The molecule has 7 heteroatoms. The van der Waals surface area contributed by atoms with Crippen molar-refractivity contribution in [3.05, 3.63) is 27.7 Å². The smallest absolute Gasteiger partial charge is 0.378 e. The van der Waals surface area contributed by atoms with Crippen molar-refractivity contribution in [2.24, 2.45) is 11.7 Å². The molecule has 0 radical (unpaired) electrons. The number of nitrogens with one attached hydrogen (secondary N) is 1. The molecule has 2 atom stereocenters. The van der Waals surface area contributed by atoms with Gasteiger partial charge in [0.15, 0.2) is 0 Å². The summed E-state index contributed by atoms with van der Waals surface area (Å²) in [5.74, 6) is -1.30. The number of hydrogen-bond acceptors (Lipinski definition) is 2. The monoisotopic (exact) mass is 384 g/mol. The van der Waals surface area contributed by atoms with Crippen LogP contribution >= 0.6 is 27.5 Å². The van der Waals surface area contributed by atoms with Crippen molar-refractivity contribution in [3.63, 3.8) is 0 Å². The minimum Gasteiger partial charge on any atom is -0.378 e. The summed E-state index contributed by atoms with van der Waals surface area (Å²) in [6.07, 6.45) is -2.85. The van der Waals surface area contributed by atoms with E-state index in [9.17, 15) is 13.2 Å². The first-order valence-corrected chi connectivity index (χ1v) is 7.93. The maximum Gasteiger partial charge on any atom is 0.391 e. The first-order valence-electron chi connectivity index (χ1n) is 6.76. The Morgan fingerprint density at radius 1 is 1.43 bits per heavy atom. The van der Waals surface area contributed by atoms with E-state index in [1.807, 2.05) is 0 Å². The lowest BCUT2D eigenvalue weighted by molar-refractivity contribution is -0.185. The third-order valence-corrected chi connectivity index (χ3v) is 5.26. The maximum atomic E-state index is 13.0. The van der Waals surface area contributed by atoms with E-state index in [1.165, 1.54) is 0 Å². The summed E-state index contributed by atoms with van der Waals surface area (Å²) in [6.45, 7) is 0.160. The summed E-state index contributed by atoms with van der Waals surface area (Å²) in [4.78, 5) is 0. The summed E-state index contributed by atoms with van der Waals surface area (Å²) >= 11 is 9.31. The Labute approximate surface area is 135 Å². The van der Waals surface area contributed by atoms with Crippen LogP contribution in [0.25, 0.3) is 0 Å². The third-order valence-electron chi connectivity index (χ3n) is 4.03. The van der Waals surface area contributed by atoms with Crippen molar-refractivity contribution in [1.82, 2.24) is 0 Å². The molecule has 0 saturated heterocycles. The van der Waals surface area contributed by atoms with Gasteiger partial charge in [-0.15, -0.1) is 0 Å². The molecule has 2 rings (SSSR count). The summed E-state index contributed by atoms with van der Waals surface area (Å²) in [7, 11) is 0. The second-order valence-corrected chi connectivity index (χ2v) is 6.83. The first-order chi connectivity index (χ1) is 9.76. The van der Waals surface area contributed by atoms with E-state index < -0.39 is 17.6 Å². The zero-order valence-corrected chi connectivity index (χ0v) is 13.7. The number of hydrogen-bond donors (Lipinski definition) is 2. The normalized spacial score (nSPS) is 26.7. The fourth-order valence-corrected chi connectivity index (χ4v) is 3.30. The predicted molar refractivity (Wildman–Crippen MR) is 82.6 cm³/mol. The number of alkyl halides is 3. The zero-order chi connectivity index (χ0) is 15.7. The Bertz CT molecular complexity index is 509. The van der Waals surface area contributed by atoms with Crippen LogP contribution in [-0.4, -0.2) is 18.3 Å². The molecule has 1 aliphatic carbocycles. The molecular formula is C14H17BrClF3N2. The zero-order valence-electron chi connectivity index (χ0n) is 11.3. The quantitative estimate of drug-likeness (QED) is 0.771. The molecule has 118 valence electrons. The molecule has 0 spiro atoms. The molecule has 1 fully saturated rings. The summed E-state index contributed by atoms with van der Waals surface area (Å²) in [5.41, 5.74) is 5.75. The Kier molecular flexibility index (Phi) is 5.11. The topological polar surface area (TPSA) is 38.0 Å². The molecule has 3 N–H and O–H groups in total. The van der Waals surface area contributed by atoms with Gasteiger partial charge in [-0.05, 0) is 53.4 Å². The van der Waals surface area contributed by atoms with Crippen molar-refractivity contribution >= 4 is 33.2 Å². The van der Waals surface area contributed by atoms with Crippen molar-refractivity contribution in [3.8, 4) is 0 Å². The van der Waals surface area contributed by atoms with E-state index >= 15 is 0 Å². The van der Waals surface area contributed by atoms with Crippen LogP contribution in [0.1, 0.15) is 25.7 Å².